The van der Waals surface area contributed by atoms with Crippen molar-refractivity contribution < 1.29 is 53.1 Å². The molecule has 0 aliphatic carbocycles. The molecule has 0 atom stereocenters. The van der Waals surface area contributed by atoms with Gasteiger partial charge in [0.05, 0.1) is 22.8 Å². The van der Waals surface area contributed by atoms with Crippen molar-refractivity contribution in [1.82, 2.24) is 0 Å². The van der Waals surface area contributed by atoms with E-state index in [1.165, 1.54) is 27.7 Å². The van der Waals surface area contributed by atoms with Gasteiger partial charge in [0, 0.05) is 0 Å². The molecule has 0 saturated heterocycles. The third-order valence-corrected chi connectivity index (χ3v) is 2.30. The first-order valence-electron chi connectivity index (χ1n) is 5.94. The van der Waals surface area contributed by atoms with Crippen molar-refractivity contribution >= 4 is 37.1 Å². The van der Waals surface area contributed by atoms with Crippen LogP contribution in [0.5, 0.6) is 0 Å². The van der Waals surface area contributed by atoms with Crippen LogP contribution in [0.25, 0.3) is 0 Å². The maximum atomic E-state index is 13.2. The zero-order chi connectivity index (χ0) is 17.0. The van der Waals surface area contributed by atoms with Gasteiger partial charge < -0.3 is 36.3 Å². The monoisotopic (exact) mass is 385 g/mol. The summed E-state index contributed by atoms with van der Waals surface area (Å²) in [5.74, 6) is 0. The molecule has 1 rings (SSSR count). The normalized spacial score (nSPS) is 21.2. The Hall–Kier alpha value is -1.76. The molecule has 0 fully saturated rings. The zero-order valence-corrected chi connectivity index (χ0v) is 13.5. The van der Waals surface area contributed by atoms with Crippen molar-refractivity contribution in [3.8, 4) is 0 Å². The summed E-state index contributed by atoms with van der Waals surface area (Å²) >= 11 is 0. The van der Waals surface area contributed by atoms with Gasteiger partial charge in [-0.05, 0) is 27.7 Å². The first-order chi connectivity index (χ1) is 10.0. The van der Waals surface area contributed by atoms with E-state index < -0.39 is 14.2 Å². The number of oxime groups is 4. The van der Waals surface area contributed by atoms with Crippen molar-refractivity contribution in [3.63, 3.8) is 0 Å². The minimum Gasteiger partial charge on any atom is -0.519 e. The molecule has 0 aromatic rings. The molecule has 0 amide bonds. The van der Waals surface area contributed by atoms with Crippen LogP contribution in [0.2, 0.25) is 0 Å². The van der Waals surface area contributed by atoms with E-state index >= 15 is 0 Å². The van der Waals surface area contributed by atoms with Crippen LogP contribution >= 0.6 is 0 Å². The van der Waals surface area contributed by atoms with E-state index in [9.17, 15) is 17.3 Å². The van der Waals surface area contributed by atoms with Crippen LogP contribution in [0.15, 0.2) is 20.6 Å². The molecular formula is C8H12B2CoF4N4O4. The van der Waals surface area contributed by atoms with E-state index in [0.29, 0.717) is 0 Å². The Morgan fingerprint density at radius 1 is 0.565 bits per heavy atom. The third kappa shape index (κ3) is 7.36. The molecule has 0 unspecified atom stereocenters. The van der Waals surface area contributed by atoms with E-state index in [1.807, 2.05) is 0 Å². The topological polar surface area (TPSA) is 86.4 Å². The van der Waals surface area contributed by atoms with Gasteiger partial charge in [-0.3, -0.25) is 0 Å². The zero-order valence-electron chi connectivity index (χ0n) is 12.4. The summed E-state index contributed by atoms with van der Waals surface area (Å²) in [7, 11) is -9.71. The fourth-order valence-electron chi connectivity index (χ4n) is 0.864. The predicted octanol–water partition coefficient (Wildman–Crippen LogP) is 2.32. The summed E-state index contributed by atoms with van der Waals surface area (Å²) in [5, 5.41) is 12.1. The minimum atomic E-state index is -4.85. The second-order valence-electron chi connectivity index (χ2n) is 4.20. The maximum absolute atomic E-state index is 13.2. The second kappa shape index (κ2) is 8.19. The number of hydrogen-bond donors (Lipinski definition) is 0. The smallest absolute Gasteiger partial charge is 0.519 e. The van der Waals surface area contributed by atoms with Gasteiger partial charge in [0.15, 0.2) is 0 Å². The number of nitrogens with zero attached hydrogens (tertiary/aromatic N) is 4. The summed E-state index contributed by atoms with van der Waals surface area (Å²) in [4.78, 5) is 0. The molecular weight excluding hydrogens is 373 g/mol. The van der Waals surface area contributed by atoms with Crippen LogP contribution in [0.4, 0.5) is 17.3 Å². The molecule has 1 aliphatic heterocycles. The van der Waals surface area contributed by atoms with Gasteiger partial charge in [-0.1, -0.05) is 0 Å². The first-order valence-corrected chi connectivity index (χ1v) is 5.94. The van der Waals surface area contributed by atoms with Gasteiger partial charge in [0.25, 0.3) is 0 Å². The molecule has 0 aromatic carbocycles. The van der Waals surface area contributed by atoms with Crippen molar-refractivity contribution in [2.24, 2.45) is 20.6 Å². The molecule has 0 N–H and O–H groups in total. The number of hydrogen-bond acceptors (Lipinski definition) is 8. The second-order valence-corrected chi connectivity index (χ2v) is 4.20. The molecule has 1 heterocycles. The van der Waals surface area contributed by atoms with E-state index in [4.69, 9.17) is 0 Å². The van der Waals surface area contributed by atoms with Crippen LogP contribution in [0.3, 0.4) is 0 Å². The van der Waals surface area contributed by atoms with Gasteiger partial charge in [0.2, 0.25) is 0 Å². The van der Waals surface area contributed by atoms with E-state index in [2.05, 4.69) is 39.6 Å². The van der Waals surface area contributed by atoms with Crippen LogP contribution in [0.1, 0.15) is 27.7 Å². The van der Waals surface area contributed by atoms with Gasteiger partial charge in [-0.2, -0.15) is 0 Å². The minimum absolute atomic E-state index is 0. The van der Waals surface area contributed by atoms with E-state index in [1.54, 1.807) is 0 Å². The Kier molecular flexibility index (Phi) is 7.56. The van der Waals surface area contributed by atoms with Gasteiger partial charge in [-0.25, -0.2) is 0 Å². The Labute approximate surface area is 139 Å². The van der Waals surface area contributed by atoms with Crippen molar-refractivity contribution in [1.29, 1.82) is 0 Å². The molecule has 0 saturated carbocycles. The summed E-state index contributed by atoms with van der Waals surface area (Å²) in [5.41, 5.74) is -0.966. The average Bonchev–Trinajstić information content (AvgIpc) is 2.45. The third-order valence-electron chi connectivity index (χ3n) is 2.30. The van der Waals surface area contributed by atoms with E-state index in [0.717, 1.165) is 0 Å². The predicted molar refractivity (Wildman–Crippen MR) is 72.7 cm³/mol. The largest absolute Gasteiger partial charge is 2.00 e. The van der Waals surface area contributed by atoms with Crippen molar-refractivity contribution in [2.45, 2.75) is 27.7 Å². The van der Waals surface area contributed by atoms with Gasteiger partial charge in [0.1, 0.15) is 0 Å². The summed E-state index contributed by atoms with van der Waals surface area (Å²) < 4.78 is 68.5. The van der Waals surface area contributed by atoms with Crippen LogP contribution in [-0.4, -0.2) is 37.1 Å². The van der Waals surface area contributed by atoms with Crippen LogP contribution < -0.4 is 0 Å². The Morgan fingerprint density at radius 3 is 0.913 bits per heavy atom. The van der Waals surface area contributed by atoms with Gasteiger partial charge >= 0.3 is 31.0 Å². The molecule has 131 valence electrons. The molecule has 1 radical (unpaired) electrons. The van der Waals surface area contributed by atoms with Crippen LogP contribution in [-0.2, 0) is 35.8 Å². The first kappa shape index (κ1) is 21.2. The Bertz CT molecular complexity index is 466. The van der Waals surface area contributed by atoms with Crippen molar-refractivity contribution in [2.75, 3.05) is 0 Å². The Morgan fingerprint density at radius 2 is 0.739 bits per heavy atom. The molecule has 0 aromatic heterocycles. The summed E-state index contributed by atoms with van der Waals surface area (Å²) in [6.07, 6.45) is 0. The molecule has 1 aliphatic rings. The van der Waals surface area contributed by atoms with Gasteiger partial charge in [-0.15, -0.1) is 20.6 Å². The number of rotatable bonds is 0. The summed E-state index contributed by atoms with van der Waals surface area (Å²) in [6, 6.07) is 0. The van der Waals surface area contributed by atoms with E-state index in [-0.39, 0.29) is 39.6 Å². The molecule has 15 heteroatoms. The molecule has 0 spiro atoms. The standard InChI is InChI=1S/C8H12B2F4N4O4.Co/c1-5-6(2)16-20-10(13,14)22-18-8(4)7(3)17-21-9(11,12)19-15-5;/h1-4H3;/q-2;+2. The fraction of sp³-hybridized carbons (Fsp3) is 0.500. The average molecular weight is 385 g/mol. The molecule has 8 nitrogen and oxygen atoms in total. The quantitative estimate of drug-likeness (QED) is 0.473. The van der Waals surface area contributed by atoms with Crippen molar-refractivity contribution in [3.05, 3.63) is 0 Å². The Balaban J connectivity index is 0.00000484. The van der Waals surface area contributed by atoms with Crippen LogP contribution in [0, 0.1) is 0 Å². The summed E-state index contributed by atoms with van der Waals surface area (Å²) in [6.45, 7) is 4.73. The number of halogens is 4. The SMILES string of the molecule is CC1=NO[B-](F)(F)ON=C(C)C(C)=NO[B-](F)(F)ON=C1C.[Co+2]. The maximum Gasteiger partial charge on any atom is 2.00 e. The molecule has 23 heavy (non-hydrogen) atoms. The fourth-order valence-corrected chi connectivity index (χ4v) is 0.864. The molecule has 0 bridgehead atoms.